The summed E-state index contributed by atoms with van der Waals surface area (Å²) in [5, 5.41) is 8.87. The molecule has 0 saturated heterocycles. The topological polar surface area (TPSA) is 66.6 Å². The van der Waals surface area contributed by atoms with Crippen LogP contribution in [0.5, 0.6) is 0 Å². The minimum absolute atomic E-state index is 0.0268. The molecule has 0 aliphatic rings. The summed E-state index contributed by atoms with van der Waals surface area (Å²) in [6.07, 6.45) is 0. The van der Waals surface area contributed by atoms with Crippen LogP contribution in [0.3, 0.4) is 0 Å². The van der Waals surface area contributed by atoms with Gasteiger partial charge in [-0.2, -0.15) is 0 Å². The summed E-state index contributed by atoms with van der Waals surface area (Å²) in [4.78, 5) is 13.7. The number of aliphatic hydroxyl groups excluding tert-OH is 1. The number of aryl methyl sites for hydroxylation is 1. The molecule has 0 aliphatic carbocycles. The molecule has 1 aromatic carbocycles. The van der Waals surface area contributed by atoms with Gasteiger partial charge in [-0.1, -0.05) is 6.07 Å². The smallest absolute Gasteiger partial charge is 0.254 e. The maximum Gasteiger partial charge on any atom is 0.254 e. The van der Waals surface area contributed by atoms with Crippen LogP contribution in [-0.2, 0) is 0 Å². The van der Waals surface area contributed by atoms with Crippen LogP contribution in [0.2, 0.25) is 0 Å². The van der Waals surface area contributed by atoms with E-state index >= 15 is 0 Å². The van der Waals surface area contributed by atoms with Gasteiger partial charge in [-0.05, 0) is 31.5 Å². The normalized spacial score (nSPS) is 10.2. The van der Waals surface area contributed by atoms with Gasteiger partial charge in [0.1, 0.15) is 0 Å². The van der Waals surface area contributed by atoms with Crippen molar-refractivity contribution < 1.29 is 9.90 Å². The fraction of sp³-hybridized carbons (Fsp3) is 0.417. The standard InChI is InChI=1S/C12H18N2O2/c1-3-14(6-7-15)12(16)11-8-10(13)5-4-9(11)2/h4-5,8,15H,3,6-7,13H2,1-2H3. The molecule has 0 saturated carbocycles. The predicted molar refractivity (Wildman–Crippen MR) is 64.3 cm³/mol. The van der Waals surface area contributed by atoms with Crippen LogP contribution in [0.1, 0.15) is 22.8 Å². The maximum atomic E-state index is 12.1. The highest BCUT2D eigenvalue weighted by Crippen LogP contribution is 2.14. The third kappa shape index (κ3) is 2.73. The number of carbonyl (C=O) groups is 1. The van der Waals surface area contributed by atoms with Crippen LogP contribution in [-0.4, -0.2) is 35.6 Å². The van der Waals surface area contributed by atoms with Crippen LogP contribution >= 0.6 is 0 Å². The van der Waals surface area contributed by atoms with Gasteiger partial charge in [-0.25, -0.2) is 0 Å². The van der Waals surface area contributed by atoms with E-state index in [1.165, 1.54) is 0 Å². The maximum absolute atomic E-state index is 12.1. The fourth-order valence-electron chi connectivity index (χ4n) is 1.56. The lowest BCUT2D eigenvalue weighted by Crippen LogP contribution is -2.33. The number of benzene rings is 1. The quantitative estimate of drug-likeness (QED) is 0.748. The van der Waals surface area contributed by atoms with Crippen molar-refractivity contribution in [3.63, 3.8) is 0 Å². The van der Waals surface area contributed by atoms with Gasteiger partial charge in [-0.3, -0.25) is 4.79 Å². The molecule has 16 heavy (non-hydrogen) atoms. The number of carbonyl (C=O) groups excluding carboxylic acids is 1. The Bertz CT molecular complexity index is 377. The Morgan fingerprint density at radius 1 is 1.50 bits per heavy atom. The largest absolute Gasteiger partial charge is 0.399 e. The van der Waals surface area contributed by atoms with E-state index in [4.69, 9.17) is 10.8 Å². The molecule has 4 nitrogen and oxygen atoms in total. The van der Waals surface area contributed by atoms with E-state index in [1.807, 2.05) is 19.9 Å². The predicted octanol–water partition coefficient (Wildman–Crippen LogP) is 1.03. The molecular weight excluding hydrogens is 204 g/mol. The van der Waals surface area contributed by atoms with E-state index < -0.39 is 0 Å². The molecule has 0 aliphatic heterocycles. The lowest BCUT2D eigenvalue weighted by molar-refractivity contribution is 0.0731. The zero-order chi connectivity index (χ0) is 12.1. The number of amides is 1. The van der Waals surface area contributed by atoms with Crippen molar-refractivity contribution in [1.29, 1.82) is 0 Å². The molecule has 0 atom stereocenters. The summed E-state index contributed by atoms with van der Waals surface area (Å²) < 4.78 is 0. The van der Waals surface area contributed by atoms with Gasteiger partial charge in [0.25, 0.3) is 5.91 Å². The van der Waals surface area contributed by atoms with Crippen molar-refractivity contribution >= 4 is 11.6 Å². The van der Waals surface area contributed by atoms with E-state index in [0.29, 0.717) is 24.3 Å². The van der Waals surface area contributed by atoms with E-state index in [-0.39, 0.29) is 12.5 Å². The zero-order valence-corrected chi connectivity index (χ0v) is 9.73. The minimum atomic E-state index is -0.0821. The average molecular weight is 222 g/mol. The van der Waals surface area contributed by atoms with Gasteiger partial charge in [-0.15, -0.1) is 0 Å². The van der Waals surface area contributed by atoms with Gasteiger partial charge < -0.3 is 15.7 Å². The van der Waals surface area contributed by atoms with Gasteiger partial charge in [0.05, 0.1) is 6.61 Å². The van der Waals surface area contributed by atoms with Crippen LogP contribution in [0.4, 0.5) is 5.69 Å². The molecule has 0 fully saturated rings. The number of likely N-dealkylation sites (N-methyl/N-ethyl adjacent to an activating group) is 1. The highest BCUT2D eigenvalue weighted by Gasteiger charge is 2.15. The molecule has 0 bridgehead atoms. The average Bonchev–Trinajstić information content (AvgIpc) is 2.28. The minimum Gasteiger partial charge on any atom is -0.399 e. The highest BCUT2D eigenvalue weighted by molar-refractivity contribution is 5.96. The number of rotatable bonds is 4. The molecule has 1 rings (SSSR count). The van der Waals surface area contributed by atoms with Crippen molar-refractivity contribution in [3.8, 4) is 0 Å². The second-order valence-electron chi connectivity index (χ2n) is 3.68. The molecule has 0 heterocycles. The third-order valence-electron chi connectivity index (χ3n) is 2.53. The summed E-state index contributed by atoms with van der Waals surface area (Å²) in [6.45, 7) is 4.66. The van der Waals surface area contributed by atoms with E-state index in [0.717, 1.165) is 5.56 Å². The molecule has 0 unspecified atom stereocenters. The van der Waals surface area contributed by atoms with Crippen molar-refractivity contribution in [3.05, 3.63) is 29.3 Å². The van der Waals surface area contributed by atoms with Crippen LogP contribution in [0, 0.1) is 6.92 Å². The molecule has 4 heteroatoms. The van der Waals surface area contributed by atoms with Crippen molar-refractivity contribution in [1.82, 2.24) is 4.90 Å². The Morgan fingerprint density at radius 2 is 2.19 bits per heavy atom. The molecule has 0 radical (unpaired) electrons. The number of nitrogens with two attached hydrogens (primary N) is 1. The number of aliphatic hydroxyl groups is 1. The number of anilines is 1. The van der Waals surface area contributed by atoms with Crippen molar-refractivity contribution in [2.75, 3.05) is 25.4 Å². The lowest BCUT2D eigenvalue weighted by Gasteiger charge is -2.20. The van der Waals surface area contributed by atoms with E-state index in [2.05, 4.69) is 0 Å². The number of hydrogen-bond acceptors (Lipinski definition) is 3. The van der Waals surface area contributed by atoms with Crippen molar-refractivity contribution in [2.24, 2.45) is 0 Å². The first-order valence-corrected chi connectivity index (χ1v) is 5.36. The Hall–Kier alpha value is -1.55. The first kappa shape index (κ1) is 12.5. The third-order valence-corrected chi connectivity index (χ3v) is 2.53. The summed E-state index contributed by atoms with van der Waals surface area (Å²) in [5.74, 6) is -0.0821. The first-order chi connectivity index (χ1) is 7.60. The molecule has 0 spiro atoms. The molecule has 0 aromatic heterocycles. The molecule has 3 N–H and O–H groups in total. The lowest BCUT2D eigenvalue weighted by atomic mass is 10.1. The van der Waals surface area contributed by atoms with Gasteiger partial charge in [0.15, 0.2) is 0 Å². The molecule has 1 amide bonds. The summed E-state index contributed by atoms with van der Waals surface area (Å²) in [5.41, 5.74) is 7.74. The monoisotopic (exact) mass is 222 g/mol. The second-order valence-corrected chi connectivity index (χ2v) is 3.68. The van der Waals surface area contributed by atoms with Gasteiger partial charge in [0.2, 0.25) is 0 Å². The van der Waals surface area contributed by atoms with Crippen LogP contribution in [0.25, 0.3) is 0 Å². The summed E-state index contributed by atoms with van der Waals surface area (Å²) >= 11 is 0. The Labute approximate surface area is 95.7 Å². The summed E-state index contributed by atoms with van der Waals surface area (Å²) in [6, 6.07) is 5.28. The van der Waals surface area contributed by atoms with Crippen LogP contribution < -0.4 is 5.73 Å². The number of nitrogen functional groups attached to an aromatic ring is 1. The number of nitrogens with zero attached hydrogens (tertiary/aromatic N) is 1. The van der Waals surface area contributed by atoms with Gasteiger partial charge in [0, 0.05) is 24.3 Å². The highest BCUT2D eigenvalue weighted by atomic mass is 16.3. The van der Waals surface area contributed by atoms with Crippen molar-refractivity contribution in [2.45, 2.75) is 13.8 Å². The SMILES string of the molecule is CCN(CCO)C(=O)c1cc(N)ccc1C. The summed E-state index contributed by atoms with van der Waals surface area (Å²) in [7, 11) is 0. The Balaban J connectivity index is 2.98. The Morgan fingerprint density at radius 3 is 2.75 bits per heavy atom. The molecule has 1 aromatic rings. The van der Waals surface area contributed by atoms with Crippen LogP contribution in [0.15, 0.2) is 18.2 Å². The first-order valence-electron chi connectivity index (χ1n) is 5.36. The van der Waals surface area contributed by atoms with E-state index in [9.17, 15) is 4.79 Å². The number of hydrogen-bond donors (Lipinski definition) is 2. The Kier molecular flexibility index (Phi) is 4.31. The fourth-order valence-corrected chi connectivity index (χ4v) is 1.56. The van der Waals surface area contributed by atoms with E-state index in [1.54, 1.807) is 17.0 Å². The second kappa shape index (κ2) is 5.51. The van der Waals surface area contributed by atoms with Gasteiger partial charge >= 0.3 is 0 Å². The zero-order valence-electron chi connectivity index (χ0n) is 9.73. The molecular formula is C12H18N2O2. The molecule has 88 valence electrons.